The van der Waals surface area contributed by atoms with Gasteiger partial charge >= 0.3 is 5.97 Å². The van der Waals surface area contributed by atoms with Crippen LogP contribution in [0.2, 0.25) is 0 Å². The minimum atomic E-state index is -0.610. The van der Waals surface area contributed by atoms with Crippen molar-refractivity contribution in [3.05, 3.63) is 59.2 Å². The van der Waals surface area contributed by atoms with Crippen molar-refractivity contribution in [2.45, 2.75) is 19.9 Å². The van der Waals surface area contributed by atoms with Crippen molar-refractivity contribution in [2.75, 3.05) is 27.9 Å². The van der Waals surface area contributed by atoms with Crippen LogP contribution in [0.25, 0.3) is 0 Å². The van der Waals surface area contributed by atoms with Gasteiger partial charge in [0.2, 0.25) is 0 Å². The molecular weight excluding hydrogens is 346 g/mol. The number of hydrogen-bond acceptors (Lipinski definition) is 5. The van der Waals surface area contributed by atoms with Crippen molar-refractivity contribution < 1.29 is 23.8 Å². The molecule has 0 saturated carbocycles. The van der Waals surface area contributed by atoms with E-state index in [4.69, 9.17) is 14.2 Å². The van der Waals surface area contributed by atoms with Crippen molar-refractivity contribution in [3.8, 4) is 11.5 Å². The second-order valence-electron chi connectivity index (χ2n) is 6.17. The van der Waals surface area contributed by atoms with Crippen LogP contribution in [0.4, 0.5) is 0 Å². The van der Waals surface area contributed by atoms with Crippen LogP contribution in [-0.2, 0) is 9.53 Å². The van der Waals surface area contributed by atoms with Gasteiger partial charge in [-0.2, -0.15) is 0 Å². The Labute approximate surface area is 159 Å². The molecule has 1 amide bonds. The molecule has 0 heterocycles. The van der Waals surface area contributed by atoms with Crippen LogP contribution in [0, 0.1) is 6.92 Å². The first-order valence-electron chi connectivity index (χ1n) is 8.59. The van der Waals surface area contributed by atoms with E-state index in [0.717, 1.165) is 11.1 Å². The third kappa shape index (κ3) is 4.78. The number of methoxy groups -OCH3 is 2. The highest BCUT2D eigenvalue weighted by Crippen LogP contribution is 2.29. The first-order valence-corrected chi connectivity index (χ1v) is 8.59. The number of nitrogens with zero attached hydrogens (tertiary/aromatic N) is 1. The number of hydrogen-bond donors (Lipinski definition) is 0. The number of ether oxygens (including phenoxy) is 3. The Balaban J connectivity index is 2.03. The molecule has 0 aliphatic carbocycles. The number of carbonyl (C=O) groups excluding carboxylic acids is 2. The summed E-state index contributed by atoms with van der Waals surface area (Å²) >= 11 is 0. The summed E-state index contributed by atoms with van der Waals surface area (Å²) in [6.45, 7) is 3.41. The Morgan fingerprint density at radius 2 is 1.59 bits per heavy atom. The van der Waals surface area contributed by atoms with Gasteiger partial charge in [0.15, 0.2) is 6.61 Å². The first kappa shape index (κ1) is 20.3. The van der Waals surface area contributed by atoms with E-state index in [2.05, 4.69) is 0 Å². The van der Waals surface area contributed by atoms with Crippen LogP contribution in [0.15, 0.2) is 42.5 Å². The van der Waals surface area contributed by atoms with Crippen molar-refractivity contribution in [1.29, 1.82) is 0 Å². The van der Waals surface area contributed by atoms with Gasteiger partial charge in [-0.05, 0) is 31.5 Å². The van der Waals surface area contributed by atoms with Gasteiger partial charge in [0.1, 0.15) is 11.5 Å². The SMILES string of the molecule is COc1cc(C(=O)OCC(=O)N(C)C(C)c2ccccc2)cc(OC)c1C. The van der Waals surface area contributed by atoms with Gasteiger partial charge in [-0.15, -0.1) is 0 Å². The Hall–Kier alpha value is -3.02. The molecule has 2 rings (SSSR count). The maximum atomic E-state index is 12.4. The molecule has 0 saturated heterocycles. The van der Waals surface area contributed by atoms with Gasteiger partial charge in [0.05, 0.1) is 25.8 Å². The van der Waals surface area contributed by atoms with Gasteiger partial charge in [0.25, 0.3) is 5.91 Å². The lowest BCUT2D eigenvalue weighted by Gasteiger charge is -2.25. The molecule has 2 aromatic carbocycles. The predicted molar refractivity (Wildman–Crippen MR) is 102 cm³/mol. The molecule has 1 atom stereocenters. The molecule has 0 radical (unpaired) electrons. The number of amides is 1. The molecule has 0 aliphatic heterocycles. The molecule has 0 N–H and O–H groups in total. The summed E-state index contributed by atoms with van der Waals surface area (Å²) < 4.78 is 15.7. The number of likely N-dealkylation sites (N-methyl/N-ethyl adjacent to an activating group) is 1. The van der Waals surface area contributed by atoms with E-state index in [0.29, 0.717) is 11.5 Å². The standard InChI is InChI=1S/C21H25NO5/c1-14-18(25-4)11-17(12-19(14)26-5)21(24)27-13-20(23)22(3)15(2)16-9-7-6-8-10-16/h6-12,15H,13H2,1-5H3. The number of carbonyl (C=O) groups is 2. The highest BCUT2D eigenvalue weighted by Gasteiger charge is 2.20. The maximum Gasteiger partial charge on any atom is 0.338 e. The monoisotopic (exact) mass is 371 g/mol. The molecule has 144 valence electrons. The fourth-order valence-electron chi connectivity index (χ4n) is 2.69. The van der Waals surface area contributed by atoms with E-state index in [1.54, 1.807) is 24.1 Å². The summed E-state index contributed by atoms with van der Waals surface area (Å²) in [7, 11) is 4.71. The number of esters is 1. The lowest BCUT2D eigenvalue weighted by atomic mass is 10.1. The van der Waals surface area contributed by atoms with E-state index in [-0.39, 0.29) is 24.1 Å². The second kappa shape index (κ2) is 9.07. The Kier molecular flexibility index (Phi) is 6.82. The Morgan fingerprint density at radius 1 is 1.04 bits per heavy atom. The number of rotatable bonds is 7. The largest absolute Gasteiger partial charge is 0.496 e. The fraction of sp³-hybridized carbons (Fsp3) is 0.333. The van der Waals surface area contributed by atoms with Gasteiger partial charge in [-0.3, -0.25) is 4.79 Å². The maximum absolute atomic E-state index is 12.4. The van der Waals surface area contributed by atoms with E-state index in [1.165, 1.54) is 14.2 Å². The highest BCUT2D eigenvalue weighted by atomic mass is 16.5. The summed E-state index contributed by atoms with van der Waals surface area (Å²) in [6, 6.07) is 12.7. The summed E-state index contributed by atoms with van der Waals surface area (Å²) in [6.07, 6.45) is 0. The van der Waals surface area contributed by atoms with Crippen molar-refractivity contribution in [2.24, 2.45) is 0 Å². The molecule has 6 heteroatoms. The lowest BCUT2D eigenvalue weighted by Crippen LogP contribution is -2.33. The molecule has 0 fully saturated rings. The van der Waals surface area contributed by atoms with Crippen LogP contribution in [0.1, 0.15) is 34.5 Å². The summed E-state index contributed by atoms with van der Waals surface area (Å²) in [5, 5.41) is 0. The fourth-order valence-corrected chi connectivity index (χ4v) is 2.69. The molecular formula is C21H25NO5. The Morgan fingerprint density at radius 3 is 2.11 bits per heavy atom. The van der Waals surface area contributed by atoms with Gasteiger partial charge in [-0.1, -0.05) is 30.3 Å². The second-order valence-corrected chi connectivity index (χ2v) is 6.17. The minimum absolute atomic E-state index is 0.128. The number of benzene rings is 2. The normalized spacial score (nSPS) is 11.4. The van der Waals surface area contributed by atoms with Crippen molar-refractivity contribution in [1.82, 2.24) is 4.90 Å². The van der Waals surface area contributed by atoms with E-state index < -0.39 is 5.97 Å². The van der Waals surface area contributed by atoms with Crippen molar-refractivity contribution in [3.63, 3.8) is 0 Å². The lowest BCUT2D eigenvalue weighted by molar-refractivity contribution is -0.135. The molecule has 0 spiro atoms. The van der Waals surface area contributed by atoms with Crippen LogP contribution >= 0.6 is 0 Å². The molecule has 0 bridgehead atoms. The van der Waals surface area contributed by atoms with E-state index in [9.17, 15) is 9.59 Å². The zero-order valence-corrected chi connectivity index (χ0v) is 16.3. The van der Waals surface area contributed by atoms with Crippen LogP contribution < -0.4 is 9.47 Å². The molecule has 0 aromatic heterocycles. The molecule has 27 heavy (non-hydrogen) atoms. The topological polar surface area (TPSA) is 65.1 Å². The highest BCUT2D eigenvalue weighted by molar-refractivity contribution is 5.92. The van der Waals surface area contributed by atoms with Gasteiger partial charge < -0.3 is 19.1 Å². The van der Waals surface area contributed by atoms with Gasteiger partial charge in [-0.25, -0.2) is 4.79 Å². The van der Waals surface area contributed by atoms with Crippen molar-refractivity contribution >= 4 is 11.9 Å². The van der Waals surface area contributed by atoms with Crippen LogP contribution in [-0.4, -0.2) is 44.7 Å². The minimum Gasteiger partial charge on any atom is -0.496 e. The third-order valence-corrected chi connectivity index (χ3v) is 4.57. The average Bonchev–Trinajstić information content (AvgIpc) is 2.71. The van der Waals surface area contributed by atoms with Crippen LogP contribution in [0.5, 0.6) is 11.5 Å². The Bertz CT molecular complexity index is 778. The average molecular weight is 371 g/mol. The summed E-state index contributed by atoms with van der Waals surface area (Å²) in [5.41, 5.74) is 2.05. The van der Waals surface area contributed by atoms with Crippen LogP contribution in [0.3, 0.4) is 0 Å². The van der Waals surface area contributed by atoms with E-state index >= 15 is 0 Å². The predicted octanol–water partition coefficient (Wildman–Crippen LogP) is 3.39. The zero-order chi connectivity index (χ0) is 20.0. The molecule has 6 nitrogen and oxygen atoms in total. The molecule has 0 aliphatic rings. The van der Waals surface area contributed by atoms with E-state index in [1.807, 2.05) is 44.2 Å². The third-order valence-electron chi connectivity index (χ3n) is 4.57. The molecule has 2 aromatic rings. The van der Waals surface area contributed by atoms with Gasteiger partial charge in [0, 0.05) is 12.6 Å². The summed E-state index contributed by atoms with van der Waals surface area (Å²) in [5.74, 6) is 0.136. The smallest absolute Gasteiger partial charge is 0.338 e. The first-order chi connectivity index (χ1) is 12.9. The zero-order valence-electron chi connectivity index (χ0n) is 16.3. The molecule has 1 unspecified atom stereocenters. The quantitative estimate of drug-likeness (QED) is 0.698. The summed E-state index contributed by atoms with van der Waals surface area (Å²) in [4.78, 5) is 26.3.